The number of amides is 1. The van der Waals surface area contributed by atoms with Crippen molar-refractivity contribution in [1.29, 1.82) is 0 Å². The van der Waals surface area contributed by atoms with E-state index in [1.807, 2.05) is 0 Å². The van der Waals surface area contributed by atoms with Crippen LogP contribution in [0.3, 0.4) is 0 Å². The highest BCUT2D eigenvalue weighted by Gasteiger charge is 2.21. The molecule has 0 aromatic heterocycles. The maximum atomic E-state index is 13.1. The van der Waals surface area contributed by atoms with Crippen molar-refractivity contribution in [1.82, 2.24) is 4.90 Å². The number of benzene rings is 1. The highest BCUT2D eigenvalue weighted by molar-refractivity contribution is 9.10. The molecule has 0 bridgehead atoms. The third-order valence-electron chi connectivity index (χ3n) is 3.01. The molecule has 1 fully saturated rings. The summed E-state index contributed by atoms with van der Waals surface area (Å²) in [5, 5.41) is 0. The lowest BCUT2D eigenvalue weighted by atomic mass is 10.2. The number of carbonyl (C=O) groups is 1. The minimum Gasteiger partial charge on any atom is -0.376 e. The van der Waals surface area contributed by atoms with Gasteiger partial charge in [-0.05, 0) is 47.0 Å². The molecule has 98 valence electrons. The lowest BCUT2D eigenvalue weighted by Gasteiger charge is -2.21. The van der Waals surface area contributed by atoms with Gasteiger partial charge in [0.2, 0.25) is 0 Å². The van der Waals surface area contributed by atoms with Crippen molar-refractivity contribution in [2.45, 2.75) is 18.9 Å². The molecule has 1 atom stereocenters. The van der Waals surface area contributed by atoms with Gasteiger partial charge in [-0.3, -0.25) is 4.79 Å². The third-order valence-corrected chi connectivity index (χ3v) is 3.62. The summed E-state index contributed by atoms with van der Waals surface area (Å²) in [6.07, 6.45) is 2.17. The van der Waals surface area contributed by atoms with Crippen LogP contribution in [0.2, 0.25) is 0 Å². The molecule has 0 N–H and O–H groups in total. The zero-order chi connectivity index (χ0) is 13.1. The topological polar surface area (TPSA) is 29.5 Å². The largest absolute Gasteiger partial charge is 0.376 e. The lowest BCUT2D eigenvalue weighted by Crippen LogP contribution is -2.34. The maximum absolute atomic E-state index is 13.1. The summed E-state index contributed by atoms with van der Waals surface area (Å²) in [5.74, 6) is -0.487. The number of likely N-dealkylation sites (N-methyl/N-ethyl adjacent to an activating group) is 1. The molecule has 0 spiro atoms. The summed E-state index contributed by atoms with van der Waals surface area (Å²) in [7, 11) is 1.74. The van der Waals surface area contributed by atoms with Crippen LogP contribution in [0.1, 0.15) is 23.2 Å². The fourth-order valence-electron chi connectivity index (χ4n) is 2.03. The standard InChI is InChI=1S/C13H15BrFNO2/c1-16(8-10-3-2-6-18-10)13(17)9-4-5-12(15)11(14)7-9/h4-5,7,10H,2-3,6,8H2,1H3/t10-/m0/s1. The molecule has 1 aromatic rings. The van der Waals surface area contributed by atoms with Crippen molar-refractivity contribution in [3.05, 3.63) is 34.1 Å². The van der Waals surface area contributed by atoms with E-state index in [1.165, 1.54) is 18.2 Å². The van der Waals surface area contributed by atoms with Crippen LogP contribution < -0.4 is 0 Å². The minimum atomic E-state index is -0.367. The van der Waals surface area contributed by atoms with Gasteiger partial charge in [-0.2, -0.15) is 0 Å². The molecule has 1 amide bonds. The molecule has 0 aliphatic carbocycles. The quantitative estimate of drug-likeness (QED) is 0.858. The van der Waals surface area contributed by atoms with E-state index >= 15 is 0 Å². The van der Waals surface area contributed by atoms with Crippen molar-refractivity contribution in [3.8, 4) is 0 Å². The summed E-state index contributed by atoms with van der Waals surface area (Å²) in [5.41, 5.74) is 0.476. The van der Waals surface area contributed by atoms with Crippen LogP contribution in [0.4, 0.5) is 4.39 Å². The average molecular weight is 316 g/mol. The number of rotatable bonds is 3. The summed E-state index contributed by atoms with van der Waals surface area (Å²) in [4.78, 5) is 13.7. The number of halogens is 2. The first-order valence-electron chi connectivity index (χ1n) is 5.90. The Kier molecular flexibility index (Phi) is 4.35. The first-order valence-corrected chi connectivity index (χ1v) is 6.69. The predicted molar refractivity (Wildman–Crippen MR) is 70.0 cm³/mol. The molecule has 1 saturated heterocycles. The van der Waals surface area contributed by atoms with Crippen LogP contribution in [0, 0.1) is 5.82 Å². The number of hydrogen-bond donors (Lipinski definition) is 0. The normalized spacial score (nSPS) is 18.9. The average Bonchev–Trinajstić information content (AvgIpc) is 2.84. The van der Waals surface area contributed by atoms with Crippen LogP contribution in [-0.2, 0) is 4.74 Å². The molecule has 2 rings (SSSR count). The first-order chi connectivity index (χ1) is 8.58. The Labute approximate surface area is 114 Å². The van der Waals surface area contributed by atoms with E-state index in [-0.39, 0.29) is 17.8 Å². The number of hydrogen-bond acceptors (Lipinski definition) is 2. The Bertz CT molecular complexity index is 447. The molecule has 0 radical (unpaired) electrons. The highest BCUT2D eigenvalue weighted by atomic mass is 79.9. The van der Waals surface area contributed by atoms with E-state index in [2.05, 4.69) is 15.9 Å². The maximum Gasteiger partial charge on any atom is 0.253 e. The van der Waals surface area contributed by atoms with E-state index < -0.39 is 0 Å². The van der Waals surface area contributed by atoms with E-state index in [0.717, 1.165) is 19.4 Å². The van der Waals surface area contributed by atoms with Crippen molar-refractivity contribution >= 4 is 21.8 Å². The van der Waals surface area contributed by atoms with Crippen LogP contribution in [0.15, 0.2) is 22.7 Å². The van der Waals surface area contributed by atoms with Gasteiger partial charge in [0.15, 0.2) is 0 Å². The molecule has 1 aliphatic heterocycles. The van der Waals surface area contributed by atoms with Gasteiger partial charge in [0.1, 0.15) is 5.82 Å². The Balaban J connectivity index is 2.02. The van der Waals surface area contributed by atoms with Gasteiger partial charge in [-0.1, -0.05) is 0 Å². The molecule has 0 saturated carbocycles. The molecular formula is C13H15BrFNO2. The van der Waals surface area contributed by atoms with Gasteiger partial charge in [0, 0.05) is 25.8 Å². The fourth-order valence-corrected chi connectivity index (χ4v) is 2.41. The second-order valence-electron chi connectivity index (χ2n) is 4.45. The van der Waals surface area contributed by atoms with Crippen LogP contribution in [0.5, 0.6) is 0 Å². The second-order valence-corrected chi connectivity index (χ2v) is 5.30. The van der Waals surface area contributed by atoms with E-state index in [4.69, 9.17) is 4.74 Å². The van der Waals surface area contributed by atoms with Gasteiger partial charge in [-0.15, -0.1) is 0 Å². The van der Waals surface area contributed by atoms with Crippen LogP contribution in [-0.4, -0.2) is 37.1 Å². The zero-order valence-corrected chi connectivity index (χ0v) is 11.7. The van der Waals surface area contributed by atoms with E-state index in [1.54, 1.807) is 11.9 Å². The Morgan fingerprint density at radius 2 is 2.39 bits per heavy atom. The van der Waals surface area contributed by atoms with Crippen molar-refractivity contribution in [3.63, 3.8) is 0 Å². The predicted octanol–water partition coefficient (Wildman–Crippen LogP) is 2.84. The molecule has 1 heterocycles. The van der Waals surface area contributed by atoms with Gasteiger partial charge >= 0.3 is 0 Å². The summed E-state index contributed by atoms with van der Waals surface area (Å²) in [6.45, 7) is 1.35. The summed E-state index contributed by atoms with van der Waals surface area (Å²) in [6, 6.07) is 4.29. The van der Waals surface area contributed by atoms with Gasteiger partial charge in [0.25, 0.3) is 5.91 Å². The van der Waals surface area contributed by atoms with E-state index in [0.29, 0.717) is 16.6 Å². The summed E-state index contributed by atoms with van der Waals surface area (Å²) < 4.78 is 18.9. The van der Waals surface area contributed by atoms with Gasteiger partial charge < -0.3 is 9.64 Å². The SMILES string of the molecule is CN(C[C@@H]1CCCO1)C(=O)c1ccc(F)c(Br)c1. The molecular weight excluding hydrogens is 301 g/mol. The van der Waals surface area contributed by atoms with Crippen molar-refractivity contribution < 1.29 is 13.9 Å². The highest BCUT2D eigenvalue weighted by Crippen LogP contribution is 2.19. The molecule has 0 unspecified atom stereocenters. The summed E-state index contributed by atoms with van der Waals surface area (Å²) >= 11 is 3.08. The Morgan fingerprint density at radius 1 is 1.61 bits per heavy atom. The monoisotopic (exact) mass is 315 g/mol. The molecule has 1 aliphatic rings. The first kappa shape index (κ1) is 13.5. The molecule has 1 aromatic carbocycles. The van der Waals surface area contributed by atoms with Crippen molar-refractivity contribution in [2.75, 3.05) is 20.2 Å². The van der Waals surface area contributed by atoms with E-state index in [9.17, 15) is 9.18 Å². The number of nitrogens with zero attached hydrogens (tertiary/aromatic N) is 1. The number of carbonyl (C=O) groups excluding carboxylic acids is 1. The minimum absolute atomic E-state index is 0.119. The van der Waals surface area contributed by atoms with Crippen LogP contribution in [0.25, 0.3) is 0 Å². The zero-order valence-electron chi connectivity index (χ0n) is 10.2. The molecule has 5 heteroatoms. The van der Waals surface area contributed by atoms with Crippen LogP contribution >= 0.6 is 15.9 Å². The van der Waals surface area contributed by atoms with Crippen molar-refractivity contribution in [2.24, 2.45) is 0 Å². The fraction of sp³-hybridized carbons (Fsp3) is 0.462. The Hall–Kier alpha value is -0.940. The lowest BCUT2D eigenvalue weighted by molar-refractivity contribution is 0.0587. The molecule has 18 heavy (non-hydrogen) atoms. The smallest absolute Gasteiger partial charge is 0.253 e. The number of ether oxygens (including phenoxy) is 1. The third kappa shape index (κ3) is 3.09. The Morgan fingerprint density at radius 3 is 3.00 bits per heavy atom. The van der Waals surface area contributed by atoms with Gasteiger partial charge in [0.05, 0.1) is 10.6 Å². The second kappa shape index (κ2) is 5.80. The molecule has 3 nitrogen and oxygen atoms in total. The van der Waals surface area contributed by atoms with Gasteiger partial charge in [-0.25, -0.2) is 4.39 Å².